The third-order valence-electron chi connectivity index (χ3n) is 4.43. The van der Waals surface area contributed by atoms with Gasteiger partial charge in [0.2, 0.25) is 5.91 Å². The number of Topliss-reactive ketones (excluding diaryl/α,β-unsaturated/α-hetero) is 1. The number of ketones is 1. The SMILES string of the molecule is CC(=O)c1ccc(C2CNC(=O)C2)cc1OC1CCCC1. The van der Waals surface area contributed by atoms with Gasteiger partial charge in [-0.3, -0.25) is 9.59 Å². The van der Waals surface area contributed by atoms with Gasteiger partial charge in [0.05, 0.1) is 11.7 Å². The molecule has 0 aromatic heterocycles. The second kappa shape index (κ2) is 5.88. The first-order valence-electron chi connectivity index (χ1n) is 7.71. The van der Waals surface area contributed by atoms with Crippen LogP contribution in [0.15, 0.2) is 18.2 Å². The maximum Gasteiger partial charge on any atom is 0.220 e. The van der Waals surface area contributed by atoms with Crippen LogP contribution in [-0.4, -0.2) is 24.3 Å². The number of carbonyl (C=O) groups excluding carboxylic acids is 2. The number of hydrogen-bond acceptors (Lipinski definition) is 3. The van der Waals surface area contributed by atoms with Gasteiger partial charge < -0.3 is 10.1 Å². The minimum absolute atomic E-state index is 0.0233. The molecule has 21 heavy (non-hydrogen) atoms. The molecule has 2 aliphatic rings. The third-order valence-corrected chi connectivity index (χ3v) is 4.43. The van der Waals surface area contributed by atoms with Gasteiger partial charge >= 0.3 is 0 Å². The van der Waals surface area contributed by atoms with Crippen molar-refractivity contribution in [3.63, 3.8) is 0 Å². The molecule has 1 aromatic carbocycles. The molecule has 1 aromatic rings. The lowest BCUT2D eigenvalue weighted by molar-refractivity contribution is -0.119. The summed E-state index contributed by atoms with van der Waals surface area (Å²) in [6, 6.07) is 5.74. The number of hydrogen-bond donors (Lipinski definition) is 1. The van der Waals surface area contributed by atoms with Crippen LogP contribution in [-0.2, 0) is 4.79 Å². The highest BCUT2D eigenvalue weighted by Crippen LogP contribution is 2.32. The Hall–Kier alpha value is -1.84. The van der Waals surface area contributed by atoms with Crippen LogP contribution < -0.4 is 10.1 Å². The van der Waals surface area contributed by atoms with Gasteiger partial charge in [0.25, 0.3) is 0 Å². The zero-order chi connectivity index (χ0) is 14.8. The van der Waals surface area contributed by atoms with Crippen LogP contribution in [0.5, 0.6) is 5.75 Å². The van der Waals surface area contributed by atoms with E-state index in [0.717, 1.165) is 18.4 Å². The maximum atomic E-state index is 11.8. The molecule has 1 N–H and O–H groups in total. The number of rotatable bonds is 4. The Labute approximate surface area is 124 Å². The van der Waals surface area contributed by atoms with E-state index in [0.29, 0.717) is 24.3 Å². The van der Waals surface area contributed by atoms with Gasteiger partial charge in [-0.2, -0.15) is 0 Å². The molecular weight excluding hydrogens is 266 g/mol. The zero-order valence-corrected chi connectivity index (χ0v) is 12.4. The van der Waals surface area contributed by atoms with Gasteiger partial charge in [0.15, 0.2) is 5.78 Å². The zero-order valence-electron chi connectivity index (χ0n) is 12.4. The van der Waals surface area contributed by atoms with Crippen LogP contribution in [0.2, 0.25) is 0 Å². The molecule has 1 saturated heterocycles. The van der Waals surface area contributed by atoms with E-state index in [1.807, 2.05) is 18.2 Å². The van der Waals surface area contributed by atoms with Crippen LogP contribution in [0.1, 0.15) is 60.9 Å². The summed E-state index contributed by atoms with van der Waals surface area (Å²) < 4.78 is 6.07. The average Bonchev–Trinajstić information content (AvgIpc) is 3.10. The number of nitrogens with one attached hydrogen (secondary N) is 1. The Balaban J connectivity index is 1.86. The highest BCUT2D eigenvalue weighted by atomic mass is 16.5. The quantitative estimate of drug-likeness (QED) is 0.866. The van der Waals surface area contributed by atoms with E-state index in [9.17, 15) is 9.59 Å². The second-order valence-corrected chi connectivity index (χ2v) is 6.04. The Kier molecular flexibility index (Phi) is 3.95. The first kappa shape index (κ1) is 14.1. The summed E-state index contributed by atoms with van der Waals surface area (Å²) in [5.74, 6) is 0.986. The molecule has 1 heterocycles. The van der Waals surface area contributed by atoms with E-state index in [4.69, 9.17) is 4.74 Å². The van der Waals surface area contributed by atoms with Gasteiger partial charge in [-0.25, -0.2) is 0 Å². The molecule has 112 valence electrons. The van der Waals surface area contributed by atoms with Gasteiger partial charge in [0.1, 0.15) is 5.75 Å². The minimum atomic E-state index is 0.0233. The molecule has 1 aliphatic carbocycles. The standard InChI is InChI=1S/C17H21NO3/c1-11(19)15-7-6-12(13-9-17(20)18-10-13)8-16(15)21-14-4-2-3-5-14/h6-8,13-14H,2-5,9-10H2,1H3,(H,18,20). The molecule has 2 fully saturated rings. The summed E-state index contributed by atoms with van der Waals surface area (Å²) in [5, 5.41) is 2.85. The minimum Gasteiger partial charge on any atom is -0.490 e. The molecule has 1 unspecified atom stereocenters. The van der Waals surface area contributed by atoms with Crippen molar-refractivity contribution in [2.45, 2.75) is 51.0 Å². The fourth-order valence-electron chi connectivity index (χ4n) is 3.21. The van der Waals surface area contributed by atoms with E-state index in [1.54, 1.807) is 6.92 Å². The van der Waals surface area contributed by atoms with Crippen molar-refractivity contribution in [1.29, 1.82) is 0 Å². The van der Waals surface area contributed by atoms with Gasteiger partial charge in [-0.05, 0) is 50.3 Å². The van der Waals surface area contributed by atoms with Crippen molar-refractivity contribution in [2.24, 2.45) is 0 Å². The lowest BCUT2D eigenvalue weighted by Crippen LogP contribution is -2.14. The highest BCUT2D eigenvalue weighted by molar-refractivity contribution is 5.97. The van der Waals surface area contributed by atoms with Crippen LogP contribution in [0.25, 0.3) is 0 Å². The lowest BCUT2D eigenvalue weighted by atomic mass is 9.96. The Bertz CT molecular complexity index is 561. The monoisotopic (exact) mass is 287 g/mol. The number of carbonyl (C=O) groups is 2. The fraction of sp³-hybridized carbons (Fsp3) is 0.529. The van der Waals surface area contributed by atoms with E-state index in [-0.39, 0.29) is 23.7 Å². The summed E-state index contributed by atoms with van der Waals surface area (Å²) in [7, 11) is 0. The van der Waals surface area contributed by atoms with Gasteiger partial charge in [0, 0.05) is 18.9 Å². The summed E-state index contributed by atoms with van der Waals surface area (Å²) in [5.41, 5.74) is 1.72. The number of amides is 1. The van der Waals surface area contributed by atoms with Crippen LogP contribution in [0.3, 0.4) is 0 Å². The topological polar surface area (TPSA) is 55.4 Å². The average molecular weight is 287 g/mol. The van der Waals surface area contributed by atoms with Crippen molar-refractivity contribution < 1.29 is 14.3 Å². The normalized spacial score (nSPS) is 22.3. The van der Waals surface area contributed by atoms with Crippen LogP contribution in [0, 0.1) is 0 Å². The first-order valence-corrected chi connectivity index (χ1v) is 7.71. The molecule has 0 bridgehead atoms. The van der Waals surface area contributed by atoms with Gasteiger partial charge in [-0.1, -0.05) is 6.07 Å². The molecule has 0 spiro atoms. The molecule has 3 rings (SSSR count). The van der Waals surface area contributed by atoms with E-state index >= 15 is 0 Å². The first-order chi connectivity index (χ1) is 10.1. The predicted octanol–water partition coefficient (Wildman–Crippen LogP) is 2.81. The number of benzene rings is 1. The van der Waals surface area contributed by atoms with Crippen LogP contribution in [0.4, 0.5) is 0 Å². The van der Waals surface area contributed by atoms with E-state index in [2.05, 4.69) is 5.32 Å². The van der Waals surface area contributed by atoms with Crippen molar-refractivity contribution >= 4 is 11.7 Å². The van der Waals surface area contributed by atoms with Gasteiger partial charge in [-0.15, -0.1) is 0 Å². The third kappa shape index (κ3) is 3.09. The fourth-order valence-corrected chi connectivity index (χ4v) is 3.21. The predicted molar refractivity (Wildman–Crippen MR) is 79.7 cm³/mol. The second-order valence-electron chi connectivity index (χ2n) is 6.04. The van der Waals surface area contributed by atoms with Crippen molar-refractivity contribution in [1.82, 2.24) is 5.32 Å². The lowest BCUT2D eigenvalue weighted by Gasteiger charge is -2.18. The smallest absolute Gasteiger partial charge is 0.220 e. The van der Waals surface area contributed by atoms with Crippen molar-refractivity contribution in [3.8, 4) is 5.75 Å². The molecule has 4 heteroatoms. The summed E-state index contributed by atoms with van der Waals surface area (Å²) >= 11 is 0. The highest BCUT2D eigenvalue weighted by Gasteiger charge is 2.25. The van der Waals surface area contributed by atoms with Crippen molar-refractivity contribution in [2.75, 3.05) is 6.54 Å². The molecule has 1 saturated carbocycles. The molecule has 4 nitrogen and oxygen atoms in total. The van der Waals surface area contributed by atoms with E-state index < -0.39 is 0 Å². The Morgan fingerprint density at radius 3 is 2.67 bits per heavy atom. The van der Waals surface area contributed by atoms with Crippen molar-refractivity contribution in [3.05, 3.63) is 29.3 Å². The maximum absolute atomic E-state index is 11.8. The van der Waals surface area contributed by atoms with Crippen LogP contribution >= 0.6 is 0 Å². The summed E-state index contributed by atoms with van der Waals surface area (Å²) in [4.78, 5) is 23.1. The summed E-state index contributed by atoms with van der Waals surface area (Å²) in [6.07, 6.45) is 5.25. The molecule has 1 amide bonds. The Morgan fingerprint density at radius 2 is 2.05 bits per heavy atom. The molecule has 0 radical (unpaired) electrons. The number of ether oxygens (including phenoxy) is 1. The van der Waals surface area contributed by atoms with E-state index in [1.165, 1.54) is 12.8 Å². The largest absolute Gasteiger partial charge is 0.490 e. The molecule has 1 atom stereocenters. The Morgan fingerprint density at radius 1 is 1.29 bits per heavy atom. The molecule has 1 aliphatic heterocycles. The molecular formula is C17H21NO3. The summed E-state index contributed by atoms with van der Waals surface area (Å²) in [6.45, 7) is 2.23.